The van der Waals surface area contributed by atoms with Crippen LogP contribution in [0.1, 0.15) is 26.3 Å². The summed E-state index contributed by atoms with van der Waals surface area (Å²) in [7, 11) is -3.49. The summed E-state index contributed by atoms with van der Waals surface area (Å²) in [6.07, 6.45) is 0. The fourth-order valence-electron chi connectivity index (χ4n) is 1.39. The Morgan fingerprint density at radius 2 is 1.81 bits per heavy atom. The van der Waals surface area contributed by atoms with Crippen LogP contribution < -0.4 is 10.5 Å². The van der Waals surface area contributed by atoms with E-state index in [-0.39, 0.29) is 11.4 Å². The SMILES string of the molecule is CC(C)(C)NS(=O)(=O)c1ccccc1CN. The Labute approximate surface area is 96.9 Å². The molecule has 0 aromatic heterocycles. The topological polar surface area (TPSA) is 72.2 Å². The van der Waals surface area contributed by atoms with E-state index in [9.17, 15) is 8.42 Å². The lowest BCUT2D eigenvalue weighted by molar-refractivity contribution is 0.491. The maximum absolute atomic E-state index is 12.1. The first-order valence-electron chi connectivity index (χ1n) is 5.08. The first kappa shape index (κ1) is 13.2. The lowest BCUT2D eigenvalue weighted by Gasteiger charge is -2.21. The summed E-state index contributed by atoms with van der Waals surface area (Å²) in [5.74, 6) is 0. The number of hydrogen-bond donors (Lipinski definition) is 2. The summed E-state index contributed by atoms with van der Waals surface area (Å²) in [5.41, 5.74) is 5.64. The van der Waals surface area contributed by atoms with E-state index in [2.05, 4.69) is 4.72 Å². The number of nitrogens with two attached hydrogens (primary N) is 1. The van der Waals surface area contributed by atoms with Gasteiger partial charge in [-0.2, -0.15) is 0 Å². The third-order valence-corrected chi connectivity index (χ3v) is 3.78. The predicted molar refractivity (Wildman–Crippen MR) is 64.4 cm³/mol. The van der Waals surface area contributed by atoms with Gasteiger partial charge in [-0.3, -0.25) is 0 Å². The van der Waals surface area contributed by atoms with Crippen LogP contribution in [0.15, 0.2) is 29.2 Å². The molecule has 1 rings (SSSR count). The molecule has 0 aliphatic rings. The third-order valence-electron chi connectivity index (χ3n) is 1.92. The molecule has 0 aliphatic carbocycles. The average molecular weight is 242 g/mol. The Bertz CT molecular complexity index is 461. The number of nitrogens with one attached hydrogen (secondary N) is 1. The molecule has 0 atom stereocenters. The van der Waals surface area contributed by atoms with Crippen molar-refractivity contribution in [3.8, 4) is 0 Å². The molecule has 0 bridgehead atoms. The van der Waals surface area contributed by atoms with Gasteiger partial charge in [0.15, 0.2) is 0 Å². The summed E-state index contributed by atoms with van der Waals surface area (Å²) in [6.45, 7) is 5.61. The van der Waals surface area contributed by atoms with Crippen LogP contribution in [0.5, 0.6) is 0 Å². The molecule has 0 spiro atoms. The van der Waals surface area contributed by atoms with Crippen LogP contribution >= 0.6 is 0 Å². The van der Waals surface area contributed by atoms with Crippen molar-refractivity contribution in [1.29, 1.82) is 0 Å². The number of sulfonamides is 1. The normalized spacial score (nSPS) is 12.8. The van der Waals surface area contributed by atoms with E-state index in [1.54, 1.807) is 45.0 Å². The molecule has 0 fully saturated rings. The second kappa shape index (κ2) is 4.53. The van der Waals surface area contributed by atoms with Crippen LogP contribution in [0.2, 0.25) is 0 Å². The summed E-state index contributed by atoms with van der Waals surface area (Å²) < 4.78 is 26.7. The van der Waals surface area contributed by atoms with Gasteiger partial charge >= 0.3 is 0 Å². The van der Waals surface area contributed by atoms with Gasteiger partial charge in [0.25, 0.3) is 0 Å². The minimum absolute atomic E-state index is 0.210. The van der Waals surface area contributed by atoms with Crippen molar-refractivity contribution >= 4 is 10.0 Å². The monoisotopic (exact) mass is 242 g/mol. The Hall–Kier alpha value is -0.910. The molecule has 0 unspecified atom stereocenters. The van der Waals surface area contributed by atoms with Crippen molar-refractivity contribution in [3.05, 3.63) is 29.8 Å². The standard InChI is InChI=1S/C11H18N2O2S/c1-11(2,3)13-16(14,15)10-7-5-4-6-9(10)8-12/h4-7,13H,8,12H2,1-3H3. The molecule has 5 heteroatoms. The predicted octanol–water partition coefficient (Wildman–Crippen LogP) is 1.22. The van der Waals surface area contributed by atoms with E-state index >= 15 is 0 Å². The molecule has 0 saturated heterocycles. The third kappa shape index (κ3) is 3.30. The molecule has 0 heterocycles. The lowest BCUT2D eigenvalue weighted by atomic mass is 10.1. The van der Waals surface area contributed by atoms with E-state index < -0.39 is 15.6 Å². The minimum atomic E-state index is -3.49. The Morgan fingerprint density at radius 1 is 1.25 bits per heavy atom. The van der Waals surface area contributed by atoms with Crippen molar-refractivity contribution in [2.24, 2.45) is 5.73 Å². The highest BCUT2D eigenvalue weighted by Crippen LogP contribution is 2.16. The zero-order valence-corrected chi connectivity index (χ0v) is 10.6. The fraction of sp³-hybridized carbons (Fsp3) is 0.455. The molecule has 90 valence electrons. The van der Waals surface area contributed by atoms with Crippen molar-refractivity contribution in [3.63, 3.8) is 0 Å². The maximum atomic E-state index is 12.1. The zero-order chi connectivity index (χ0) is 12.4. The van der Waals surface area contributed by atoms with Gasteiger partial charge in [-0.15, -0.1) is 0 Å². The van der Waals surface area contributed by atoms with E-state index in [1.807, 2.05) is 0 Å². The number of benzene rings is 1. The van der Waals surface area contributed by atoms with Gasteiger partial charge in [-0.25, -0.2) is 13.1 Å². The van der Waals surface area contributed by atoms with Gasteiger partial charge in [0.05, 0.1) is 4.90 Å². The maximum Gasteiger partial charge on any atom is 0.241 e. The average Bonchev–Trinajstić information content (AvgIpc) is 2.14. The largest absolute Gasteiger partial charge is 0.326 e. The second-order valence-electron chi connectivity index (χ2n) is 4.67. The van der Waals surface area contributed by atoms with Crippen LogP contribution in [0.4, 0.5) is 0 Å². The quantitative estimate of drug-likeness (QED) is 0.837. The first-order valence-corrected chi connectivity index (χ1v) is 6.56. The molecule has 3 N–H and O–H groups in total. The molecule has 4 nitrogen and oxygen atoms in total. The van der Waals surface area contributed by atoms with Gasteiger partial charge in [0.2, 0.25) is 10.0 Å². The molecular formula is C11H18N2O2S. The fourth-order valence-corrected chi connectivity index (χ4v) is 3.06. The highest BCUT2D eigenvalue weighted by molar-refractivity contribution is 7.89. The number of rotatable bonds is 3. The number of hydrogen-bond acceptors (Lipinski definition) is 3. The van der Waals surface area contributed by atoms with Gasteiger partial charge in [0, 0.05) is 12.1 Å². The molecule has 16 heavy (non-hydrogen) atoms. The van der Waals surface area contributed by atoms with E-state index in [0.29, 0.717) is 5.56 Å². The Kier molecular flexibility index (Phi) is 3.72. The molecule has 0 radical (unpaired) electrons. The molecule has 0 saturated carbocycles. The molecule has 1 aromatic rings. The summed E-state index contributed by atoms with van der Waals surface area (Å²) in [5, 5.41) is 0. The van der Waals surface area contributed by atoms with Gasteiger partial charge in [-0.05, 0) is 32.4 Å². The minimum Gasteiger partial charge on any atom is -0.326 e. The molecule has 0 amide bonds. The summed E-state index contributed by atoms with van der Waals surface area (Å²) in [4.78, 5) is 0.257. The van der Waals surface area contributed by atoms with E-state index in [0.717, 1.165) is 0 Å². The van der Waals surface area contributed by atoms with E-state index in [1.165, 1.54) is 0 Å². The van der Waals surface area contributed by atoms with E-state index in [4.69, 9.17) is 5.73 Å². The summed E-state index contributed by atoms with van der Waals surface area (Å²) >= 11 is 0. The Balaban J connectivity index is 3.17. The zero-order valence-electron chi connectivity index (χ0n) is 9.82. The first-order chi connectivity index (χ1) is 7.26. The van der Waals surface area contributed by atoms with Crippen LogP contribution in [-0.2, 0) is 16.6 Å². The van der Waals surface area contributed by atoms with Gasteiger partial charge < -0.3 is 5.73 Å². The molecule has 0 aliphatic heterocycles. The van der Waals surface area contributed by atoms with Crippen molar-refractivity contribution < 1.29 is 8.42 Å². The van der Waals surface area contributed by atoms with Crippen LogP contribution in [0, 0.1) is 0 Å². The molecular weight excluding hydrogens is 224 g/mol. The van der Waals surface area contributed by atoms with Crippen LogP contribution in [-0.4, -0.2) is 14.0 Å². The highest BCUT2D eigenvalue weighted by atomic mass is 32.2. The lowest BCUT2D eigenvalue weighted by Crippen LogP contribution is -2.40. The van der Waals surface area contributed by atoms with Crippen LogP contribution in [0.25, 0.3) is 0 Å². The smallest absolute Gasteiger partial charge is 0.241 e. The van der Waals surface area contributed by atoms with Gasteiger partial charge in [-0.1, -0.05) is 18.2 Å². The molecule has 1 aromatic carbocycles. The van der Waals surface area contributed by atoms with Crippen molar-refractivity contribution in [1.82, 2.24) is 4.72 Å². The van der Waals surface area contributed by atoms with Crippen molar-refractivity contribution in [2.45, 2.75) is 37.8 Å². The van der Waals surface area contributed by atoms with Gasteiger partial charge in [0.1, 0.15) is 0 Å². The highest BCUT2D eigenvalue weighted by Gasteiger charge is 2.23. The second-order valence-corrected chi connectivity index (χ2v) is 6.32. The van der Waals surface area contributed by atoms with Crippen molar-refractivity contribution in [2.75, 3.05) is 0 Å². The Morgan fingerprint density at radius 3 is 2.31 bits per heavy atom. The van der Waals surface area contributed by atoms with Crippen LogP contribution in [0.3, 0.4) is 0 Å². The summed E-state index contributed by atoms with van der Waals surface area (Å²) in [6, 6.07) is 6.75.